The molecule has 0 radical (unpaired) electrons. The zero-order valence-corrected chi connectivity index (χ0v) is 16.0. The van der Waals surface area contributed by atoms with Crippen molar-refractivity contribution >= 4 is 23.8 Å². The van der Waals surface area contributed by atoms with Crippen molar-refractivity contribution in [3.8, 4) is 0 Å². The molecule has 2 saturated heterocycles. The average Bonchev–Trinajstić information content (AvgIpc) is 2.75. The van der Waals surface area contributed by atoms with Crippen molar-refractivity contribution in [1.29, 1.82) is 0 Å². The van der Waals surface area contributed by atoms with E-state index in [1.54, 1.807) is 6.07 Å². The number of aromatic nitrogens is 1. The SMILES string of the molecule is O=CN1CCC2(CCCN(C(=O)c3cccc(Nc4ccccc4)n3)C2)CC1. The normalized spacial score (nSPS) is 18.7. The molecule has 1 N–H and O–H groups in total. The molecule has 4 rings (SSSR count). The van der Waals surface area contributed by atoms with E-state index < -0.39 is 0 Å². The van der Waals surface area contributed by atoms with Gasteiger partial charge in [-0.3, -0.25) is 9.59 Å². The highest BCUT2D eigenvalue weighted by Crippen LogP contribution is 2.39. The molecule has 2 fully saturated rings. The van der Waals surface area contributed by atoms with Crippen LogP contribution in [0.4, 0.5) is 11.5 Å². The second-order valence-corrected chi connectivity index (χ2v) is 7.87. The van der Waals surface area contributed by atoms with Crippen LogP contribution in [-0.2, 0) is 4.79 Å². The summed E-state index contributed by atoms with van der Waals surface area (Å²) >= 11 is 0. The van der Waals surface area contributed by atoms with Crippen molar-refractivity contribution < 1.29 is 9.59 Å². The number of nitrogens with one attached hydrogen (secondary N) is 1. The lowest BCUT2D eigenvalue weighted by Gasteiger charge is -2.47. The Kier molecular flexibility index (Phi) is 5.28. The number of pyridine rings is 1. The first-order chi connectivity index (χ1) is 13.7. The maximum Gasteiger partial charge on any atom is 0.272 e. The molecule has 0 aliphatic carbocycles. The number of rotatable bonds is 4. The molecule has 2 aliphatic rings. The summed E-state index contributed by atoms with van der Waals surface area (Å²) in [5, 5.41) is 3.25. The Morgan fingerprint density at radius 3 is 2.54 bits per heavy atom. The van der Waals surface area contributed by atoms with E-state index in [9.17, 15) is 9.59 Å². The molecule has 28 heavy (non-hydrogen) atoms. The number of hydrogen-bond acceptors (Lipinski definition) is 4. The number of para-hydroxylation sites is 1. The van der Waals surface area contributed by atoms with E-state index in [-0.39, 0.29) is 11.3 Å². The number of carbonyl (C=O) groups excluding carboxylic acids is 2. The van der Waals surface area contributed by atoms with Gasteiger partial charge in [-0.2, -0.15) is 0 Å². The third-order valence-corrected chi connectivity index (χ3v) is 5.97. The highest BCUT2D eigenvalue weighted by Gasteiger charge is 2.39. The Balaban J connectivity index is 1.45. The maximum atomic E-state index is 13.1. The van der Waals surface area contributed by atoms with Crippen molar-refractivity contribution in [2.24, 2.45) is 5.41 Å². The third kappa shape index (κ3) is 4.01. The van der Waals surface area contributed by atoms with E-state index in [1.807, 2.05) is 52.3 Å². The molecule has 0 unspecified atom stereocenters. The van der Waals surface area contributed by atoms with Gasteiger partial charge in [0.1, 0.15) is 11.5 Å². The monoisotopic (exact) mass is 378 g/mol. The molecule has 146 valence electrons. The van der Waals surface area contributed by atoms with Crippen LogP contribution in [0.3, 0.4) is 0 Å². The summed E-state index contributed by atoms with van der Waals surface area (Å²) in [6, 6.07) is 15.3. The molecule has 0 saturated carbocycles. The van der Waals surface area contributed by atoms with E-state index in [0.717, 1.165) is 64.0 Å². The van der Waals surface area contributed by atoms with Gasteiger partial charge >= 0.3 is 0 Å². The van der Waals surface area contributed by atoms with Crippen molar-refractivity contribution in [3.05, 3.63) is 54.2 Å². The molecule has 0 bridgehead atoms. The zero-order chi connectivity index (χ0) is 19.4. The molecule has 6 heteroatoms. The molecular formula is C22H26N4O2. The standard InChI is InChI=1S/C22H26N4O2/c27-17-25-14-11-22(12-15-25)10-5-13-26(16-22)21(28)19-8-4-9-20(24-19)23-18-6-2-1-3-7-18/h1-4,6-9,17H,5,10-16H2,(H,23,24). The smallest absolute Gasteiger partial charge is 0.272 e. The number of carbonyl (C=O) groups is 2. The van der Waals surface area contributed by atoms with Crippen LogP contribution in [0, 0.1) is 5.41 Å². The van der Waals surface area contributed by atoms with Gasteiger partial charge < -0.3 is 15.1 Å². The predicted octanol–water partition coefficient (Wildman–Crippen LogP) is 3.30. The van der Waals surface area contributed by atoms with Gasteiger partial charge in [0.15, 0.2) is 0 Å². The minimum atomic E-state index is -0.00592. The first-order valence-corrected chi connectivity index (χ1v) is 9.95. The molecule has 1 aromatic carbocycles. The number of piperidine rings is 2. The summed E-state index contributed by atoms with van der Waals surface area (Å²) in [6.07, 6.45) is 5.02. The molecule has 3 heterocycles. The van der Waals surface area contributed by atoms with Crippen LogP contribution in [0.25, 0.3) is 0 Å². The molecule has 1 spiro atoms. The summed E-state index contributed by atoms with van der Waals surface area (Å²) in [6.45, 7) is 3.12. The van der Waals surface area contributed by atoms with Crippen LogP contribution < -0.4 is 5.32 Å². The van der Waals surface area contributed by atoms with E-state index in [0.29, 0.717) is 11.5 Å². The van der Waals surface area contributed by atoms with Gasteiger partial charge in [0.2, 0.25) is 6.41 Å². The average molecular weight is 378 g/mol. The Morgan fingerprint density at radius 1 is 1.00 bits per heavy atom. The fraction of sp³-hybridized carbons (Fsp3) is 0.409. The fourth-order valence-electron chi connectivity index (χ4n) is 4.35. The molecule has 2 aliphatic heterocycles. The summed E-state index contributed by atoms with van der Waals surface area (Å²) in [7, 11) is 0. The van der Waals surface area contributed by atoms with Gasteiger partial charge in [-0.05, 0) is 55.4 Å². The second-order valence-electron chi connectivity index (χ2n) is 7.87. The van der Waals surface area contributed by atoms with Crippen LogP contribution in [0.15, 0.2) is 48.5 Å². The van der Waals surface area contributed by atoms with Crippen LogP contribution in [0.5, 0.6) is 0 Å². The Hall–Kier alpha value is -2.89. The predicted molar refractivity (Wildman–Crippen MR) is 108 cm³/mol. The fourth-order valence-corrected chi connectivity index (χ4v) is 4.35. The maximum absolute atomic E-state index is 13.1. The molecule has 6 nitrogen and oxygen atoms in total. The van der Waals surface area contributed by atoms with Crippen molar-refractivity contribution in [2.45, 2.75) is 25.7 Å². The van der Waals surface area contributed by atoms with Crippen molar-refractivity contribution in [3.63, 3.8) is 0 Å². The van der Waals surface area contributed by atoms with Crippen LogP contribution in [0.2, 0.25) is 0 Å². The molecule has 2 aromatic rings. The number of nitrogens with zero attached hydrogens (tertiary/aromatic N) is 3. The van der Waals surface area contributed by atoms with E-state index in [2.05, 4.69) is 10.3 Å². The largest absolute Gasteiger partial charge is 0.345 e. The van der Waals surface area contributed by atoms with E-state index in [1.165, 1.54) is 0 Å². The number of anilines is 2. The van der Waals surface area contributed by atoms with Crippen LogP contribution >= 0.6 is 0 Å². The van der Waals surface area contributed by atoms with Gasteiger partial charge in [0.05, 0.1) is 0 Å². The molecule has 1 aromatic heterocycles. The number of hydrogen-bond donors (Lipinski definition) is 1. The zero-order valence-electron chi connectivity index (χ0n) is 16.0. The van der Waals surface area contributed by atoms with Crippen molar-refractivity contribution in [2.75, 3.05) is 31.5 Å². The summed E-state index contributed by atoms with van der Waals surface area (Å²) in [4.78, 5) is 32.5. The minimum Gasteiger partial charge on any atom is -0.345 e. The van der Waals surface area contributed by atoms with Crippen molar-refractivity contribution in [1.82, 2.24) is 14.8 Å². The topological polar surface area (TPSA) is 65.5 Å². The van der Waals surface area contributed by atoms with Gasteiger partial charge in [-0.15, -0.1) is 0 Å². The molecule has 2 amide bonds. The lowest BCUT2D eigenvalue weighted by Crippen LogP contribution is -2.51. The summed E-state index contributed by atoms with van der Waals surface area (Å²) < 4.78 is 0. The highest BCUT2D eigenvalue weighted by atomic mass is 16.2. The van der Waals surface area contributed by atoms with Crippen LogP contribution in [-0.4, -0.2) is 53.3 Å². The Labute approximate surface area is 165 Å². The molecular weight excluding hydrogens is 352 g/mol. The van der Waals surface area contributed by atoms with E-state index >= 15 is 0 Å². The van der Waals surface area contributed by atoms with Gasteiger partial charge in [-0.1, -0.05) is 24.3 Å². The number of amides is 2. The van der Waals surface area contributed by atoms with Gasteiger partial charge in [0.25, 0.3) is 5.91 Å². The number of benzene rings is 1. The second kappa shape index (κ2) is 8.00. The Bertz CT molecular complexity index is 831. The minimum absolute atomic E-state index is 0.00592. The lowest BCUT2D eigenvalue weighted by molar-refractivity contribution is -0.120. The lowest BCUT2D eigenvalue weighted by atomic mass is 9.72. The van der Waals surface area contributed by atoms with Gasteiger partial charge in [-0.25, -0.2) is 4.98 Å². The van der Waals surface area contributed by atoms with Crippen LogP contribution in [0.1, 0.15) is 36.2 Å². The summed E-state index contributed by atoms with van der Waals surface area (Å²) in [5.41, 5.74) is 1.56. The van der Waals surface area contributed by atoms with E-state index in [4.69, 9.17) is 0 Å². The Morgan fingerprint density at radius 2 is 1.79 bits per heavy atom. The summed E-state index contributed by atoms with van der Waals surface area (Å²) in [5.74, 6) is 0.664. The highest BCUT2D eigenvalue weighted by molar-refractivity contribution is 5.92. The quantitative estimate of drug-likeness (QED) is 0.829. The molecule has 0 atom stereocenters. The first-order valence-electron chi connectivity index (χ1n) is 9.95. The third-order valence-electron chi connectivity index (χ3n) is 5.97. The number of likely N-dealkylation sites (tertiary alicyclic amines) is 2. The van der Waals surface area contributed by atoms with Gasteiger partial charge in [0, 0.05) is 31.9 Å². The first kappa shape index (κ1) is 18.5.